The smallest absolute Gasteiger partial charge is 0.225 e. The maximum absolute atomic E-state index is 13.0. The summed E-state index contributed by atoms with van der Waals surface area (Å²) in [4.78, 5) is 26.5. The number of ether oxygens (including phenoxy) is 1. The minimum atomic E-state index is -0.184. The SMILES string of the molecule is CCOc1cccc(C2CC(=O)NC3=C2C(=O)CC(c2cccs2)C3)c1. The van der Waals surface area contributed by atoms with Gasteiger partial charge >= 0.3 is 0 Å². The van der Waals surface area contributed by atoms with E-state index in [-0.39, 0.29) is 23.5 Å². The van der Waals surface area contributed by atoms with E-state index in [0.717, 1.165) is 29.0 Å². The summed E-state index contributed by atoms with van der Waals surface area (Å²) in [7, 11) is 0. The van der Waals surface area contributed by atoms with Crippen molar-refractivity contribution < 1.29 is 14.3 Å². The summed E-state index contributed by atoms with van der Waals surface area (Å²) in [5.41, 5.74) is 2.56. The molecule has 1 aromatic carbocycles. The van der Waals surface area contributed by atoms with E-state index in [1.165, 1.54) is 4.88 Å². The molecule has 1 aromatic heterocycles. The number of carbonyl (C=O) groups is 2. The highest BCUT2D eigenvalue weighted by Crippen LogP contribution is 2.43. The molecule has 1 amide bonds. The fraction of sp³-hybridized carbons (Fsp3) is 0.333. The van der Waals surface area contributed by atoms with Crippen LogP contribution < -0.4 is 10.1 Å². The lowest BCUT2D eigenvalue weighted by molar-refractivity contribution is -0.122. The second kappa shape index (κ2) is 7.08. The van der Waals surface area contributed by atoms with E-state index in [4.69, 9.17) is 4.74 Å². The van der Waals surface area contributed by atoms with E-state index in [9.17, 15) is 9.59 Å². The summed E-state index contributed by atoms with van der Waals surface area (Å²) in [5, 5.41) is 5.01. The second-order valence-corrected chi connectivity index (χ2v) is 7.73. The standard InChI is InChI=1S/C21H21NO3S/c1-2-25-15-6-3-5-13(9-15)16-12-20(24)22-17-10-14(11-18(23)21(16)17)19-7-4-8-26-19/h3-9,14,16H,2,10-12H2,1H3,(H,22,24). The molecule has 5 heteroatoms. The van der Waals surface area contributed by atoms with Crippen molar-refractivity contribution in [2.24, 2.45) is 0 Å². The number of benzene rings is 1. The van der Waals surface area contributed by atoms with Gasteiger partial charge in [0.05, 0.1) is 6.61 Å². The molecule has 1 aliphatic heterocycles. The monoisotopic (exact) mass is 367 g/mol. The van der Waals surface area contributed by atoms with E-state index in [0.29, 0.717) is 19.4 Å². The fourth-order valence-corrected chi connectivity index (χ4v) is 4.79. The molecule has 2 unspecified atom stereocenters. The number of thiophene rings is 1. The molecule has 1 aliphatic carbocycles. The molecule has 2 atom stereocenters. The molecule has 134 valence electrons. The number of ketones is 1. The third kappa shape index (κ3) is 3.19. The lowest BCUT2D eigenvalue weighted by Crippen LogP contribution is -2.38. The molecule has 0 fully saturated rings. The first-order valence-electron chi connectivity index (χ1n) is 8.98. The molecule has 1 N–H and O–H groups in total. The molecular formula is C21H21NO3S. The van der Waals surface area contributed by atoms with Crippen LogP contribution in [0, 0.1) is 0 Å². The zero-order valence-electron chi connectivity index (χ0n) is 14.7. The van der Waals surface area contributed by atoms with Gasteiger partial charge < -0.3 is 10.1 Å². The fourth-order valence-electron chi connectivity index (χ4n) is 3.96. The number of amides is 1. The molecule has 0 saturated carbocycles. The largest absolute Gasteiger partial charge is 0.494 e. The number of carbonyl (C=O) groups excluding carboxylic acids is 2. The van der Waals surface area contributed by atoms with Crippen LogP contribution in [-0.2, 0) is 9.59 Å². The van der Waals surface area contributed by atoms with Crippen molar-refractivity contribution >= 4 is 23.0 Å². The van der Waals surface area contributed by atoms with Crippen LogP contribution in [0.2, 0.25) is 0 Å². The highest BCUT2D eigenvalue weighted by molar-refractivity contribution is 7.10. The van der Waals surface area contributed by atoms with Gasteiger partial charge in [0.25, 0.3) is 0 Å². The van der Waals surface area contributed by atoms with E-state index < -0.39 is 0 Å². The van der Waals surface area contributed by atoms with E-state index >= 15 is 0 Å². The first kappa shape index (κ1) is 17.0. The number of nitrogens with one attached hydrogen (secondary N) is 1. The van der Waals surface area contributed by atoms with Crippen molar-refractivity contribution in [1.29, 1.82) is 0 Å². The Labute approximate surface area is 156 Å². The van der Waals surface area contributed by atoms with Gasteiger partial charge in [0.2, 0.25) is 5.91 Å². The summed E-state index contributed by atoms with van der Waals surface area (Å²) in [6, 6.07) is 11.8. The number of hydrogen-bond donors (Lipinski definition) is 1. The van der Waals surface area contributed by atoms with Crippen LogP contribution >= 0.6 is 11.3 Å². The summed E-state index contributed by atoms with van der Waals surface area (Å²) < 4.78 is 5.59. The van der Waals surface area contributed by atoms with Crippen LogP contribution in [0.15, 0.2) is 53.0 Å². The predicted molar refractivity (Wildman–Crippen MR) is 101 cm³/mol. The lowest BCUT2D eigenvalue weighted by Gasteiger charge is -2.34. The molecule has 2 aliphatic rings. The Morgan fingerprint density at radius 1 is 1.15 bits per heavy atom. The number of allylic oxidation sites excluding steroid dienone is 2. The van der Waals surface area contributed by atoms with Crippen molar-refractivity contribution in [2.45, 2.75) is 38.0 Å². The molecule has 0 radical (unpaired) electrons. The van der Waals surface area contributed by atoms with Gasteiger partial charge in [-0.25, -0.2) is 0 Å². The molecule has 0 spiro atoms. The average molecular weight is 367 g/mol. The summed E-state index contributed by atoms with van der Waals surface area (Å²) in [6.45, 7) is 2.53. The van der Waals surface area contributed by atoms with Crippen molar-refractivity contribution in [2.75, 3.05) is 6.61 Å². The van der Waals surface area contributed by atoms with Gasteiger partial charge in [0, 0.05) is 40.8 Å². The molecule has 0 bridgehead atoms. The Balaban J connectivity index is 1.70. The van der Waals surface area contributed by atoms with Gasteiger partial charge in [-0.3, -0.25) is 9.59 Å². The number of rotatable bonds is 4. The third-order valence-corrected chi connectivity index (χ3v) is 6.09. The van der Waals surface area contributed by atoms with Crippen LogP contribution in [-0.4, -0.2) is 18.3 Å². The van der Waals surface area contributed by atoms with Gasteiger partial charge in [-0.1, -0.05) is 18.2 Å². The second-order valence-electron chi connectivity index (χ2n) is 6.75. The molecule has 0 saturated heterocycles. The number of hydrogen-bond acceptors (Lipinski definition) is 4. The van der Waals surface area contributed by atoms with Crippen LogP contribution in [0.4, 0.5) is 0 Å². The summed E-state index contributed by atoms with van der Waals surface area (Å²) >= 11 is 1.67. The first-order chi connectivity index (χ1) is 12.7. The van der Waals surface area contributed by atoms with Crippen LogP contribution in [0.25, 0.3) is 0 Å². The van der Waals surface area contributed by atoms with Crippen LogP contribution in [0.5, 0.6) is 5.75 Å². The third-order valence-electron chi connectivity index (χ3n) is 5.05. The van der Waals surface area contributed by atoms with Gasteiger partial charge in [-0.2, -0.15) is 0 Å². The minimum Gasteiger partial charge on any atom is -0.494 e. The van der Waals surface area contributed by atoms with Crippen molar-refractivity contribution in [3.63, 3.8) is 0 Å². The summed E-state index contributed by atoms with van der Waals surface area (Å²) in [6.07, 6.45) is 1.54. The highest BCUT2D eigenvalue weighted by Gasteiger charge is 2.38. The van der Waals surface area contributed by atoms with E-state index in [1.54, 1.807) is 11.3 Å². The van der Waals surface area contributed by atoms with Gasteiger partial charge in [0.1, 0.15) is 5.75 Å². The van der Waals surface area contributed by atoms with Crippen molar-refractivity contribution in [1.82, 2.24) is 5.32 Å². The zero-order chi connectivity index (χ0) is 18.1. The zero-order valence-corrected chi connectivity index (χ0v) is 15.5. The Kier molecular flexibility index (Phi) is 4.64. The maximum atomic E-state index is 13.0. The molecule has 4 nitrogen and oxygen atoms in total. The Morgan fingerprint density at radius 2 is 2.04 bits per heavy atom. The van der Waals surface area contributed by atoms with E-state index in [2.05, 4.69) is 11.4 Å². The van der Waals surface area contributed by atoms with E-state index in [1.807, 2.05) is 42.6 Å². The lowest BCUT2D eigenvalue weighted by atomic mass is 9.74. The maximum Gasteiger partial charge on any atom is 0.225 e. The van der Waals surface area contributed by atoms with Gasteiger partial charge in [-0.15, -0.1) is 11.3 Å². The topological polar surface area (TPSA) is 55.4 Å². The Hall–Kier alpha value is -2.40. The van der Waals surface area contributed by atoms with Crippen molar-refractivity contribution in [3.05, 3.63) is 63.5 Å². The normalized spacial score (nSPS) is 22.8. The number of Topliss-reactive ketones (excluding diaryl/α,β-unsaturated/α-hetero) is 1. The molecule has 2 heterocycles. The van der Waals surface area contributed by atoms with Crippen molar-refractivity contribution in [3.8, 4) is 5.75 Å². The van der Waals surface area contributed by atoms with Crippen LogP contribution in [0.1, 0.15) is 48.5 Å². The molecular weight excluding hydrogens is 346 g/mol. The molecule has 26 heavy (non-hydrogen) atoms. The Morgan fingerprint density at radius 3 is 2.81 bits per heavy atom. The quantitative estimate of drug-likeness (QED) is 0.883. The van der Waals surface area contributed by atoms with Gasteiger partial charge in [0.15, 0.2) is 5.78 Å². The highest BCUT2D eigenvalue weighted by atomic mass is 32.1. The Bertz CT molecular complexity index is 869. The molecule has 4 rings (SSSR count). The first-order valence-corrected chi connectivity index (χ1v) is 9.86. The minimum absolute atomic E-state index is 0.0183. The summed E-state index contributed by atoms with van der Waals surface area (Å²) in [5.74, 6) is 0.885. The average Bonchev–Trinajstić information content (AvgIpc) is 3.16. The van der Waals surface area contributed by atoms with Gasteiger partial charge in [-0.05, 0) is 42.5 Å². The predicted octanol–water partition coefficient (Wildman–Crippen LogP) is 4.15. The molecule has 2 aromatic rings. The van der Waals surface area contributed by atoms with Crippen LogP contribution in [0.3, 0.4) is 0 Å².